The standard InChI is InChI=1S/C12H23N3O4.C9H13NO3S.C4H10/c1-8(2)5-9(6-10(16)14-19)12(18)13-7-11(17)15(3)4;1-10(2)14(11,12)9-6-4-8(13-3)5-7-9;1-4(2)3/h8-9,19H,5-7H2,1-4H3,(H,13,18)(H,14,16);4-7H,1-3H3;4H,1-3H3/t9-;;/m1../s1. The van der Waals surface area contributed by atoms with Crippen LogP contribution in [-0.4, -0.2) is 82.4 Å². The fourth-order valence-electron chi connectivity index (χ4n) is 2.55. The second kappa shape index (κ2) is 18.5. The van der Waals surface area contributed by atoms with E-state index in [-0.39, 0.29) is 35.6 Å². The third kappa shape index (κ3) is 16.6. The number of methoxy groups -OCH3 is 1. The van der Waals surface area contributed by atoms with E-state index in [0.717, 1.165) is 5.92 Å². The number of ether oxygens (including phenoxy) is 1. The summed E-state index contributed by atoms with van der Waals surface area (Å²) in [5, 5.41) is 11.0. The van der Waals surface area contributed by atoms with E-state index in [1.807, 2.05) is 13.8 Å². The van der Waals surface area contributed by atoms with Crippen LogP contribution < -0.4 is 15.5 Å². The molecule has 0 spiro atoms. The van der Waals surface area contributed by atoms with Crippen molar-refractivity contribution in [3.63, 3.8) is 0 Å². The number of carbonyl (C=O) groups excluding carboxylic acids is 3. The molecule has 0 saturated carbocycles. The highest BCUT2D eigenvalue weighted by molar-refractivity contribution is 7.89. The molecule has 12 heteroatoms. The lowest BCUT2D eigenvalue weighted by Gasteiger charge is -2.18. The zero-order chi connectivity index (χ0) is 29.3. The Labute approximate surface area is 222 Å². The van der Waals surface area contributed by atoms with Gasteiger partial charge in [0.2, 0.25) is 27.7 Å². The van der Waals surface area contributed by atoms with Gasteiger partial charge in [-0.2, -0.15) is 0 Å². The van der Waals surface area contributed by atoms with Crippen LogP contribution in [0.5, 0.6) is 5.75 Å². The number of likely N-dealkylation sites (N-methyl/N-ethyl adjacent to an activating group) is 1. The van der Waals surface area contributed by atoms with Crippen molar-refractivity contribution in [3.8, 4) is 5.75 Å². The molecule has 3 amide bonds. The van der Waals surface area contributed by atoms with Gasteiger partial charge in [-0.1, -0.05) is 34.6 Å². The summed E-state index contributed by atoms with van der Waals surface area (Å²) in [6.45, 7) is 10.3. The second-order valence-corrected chi connectivity index (χ2v) is 11.9. The van der Waals surface area contributed by atoms with Crippen LogP contribution in [0.2, 0.25) is 0 Å². The van der Waals surface area contributed by atoms with Gasteiger partial charge in [0.15, 0.2) is 0 Å². The highest BCUT2D eigenvalue weighted by atomic mass is 32.2. The Balaban J connectivity index is 0. The van der Waals surface area contributed by atoms with Crippen LogP contribution in [0.15, 0.2) is 29.2 Å². The van der Waals surface area contributed by atoms with Gasteiger partial charge >= 0.3 is 0 Å². The van der Waals surface area contributed by atoms with Gasteiger partial charge in [-0.3, -0.25) is 19.6 Å². The Kier molecular flexibility index (Phi) is 18.3. The van der Waals surface area contributed by atoms with E-state index in [1.165, 1.54) is 48.0 Å². The molecule has 0 fully saturated rings. The summed E-state index contributed by atoms with van der Waals surface area (Å²) < 4.78 is 29.3. The summed E-state index contributed by atoms with van der Waals surface area (Å²) in [5.74, 6) is -0.0351. The van der Waals surface area contributed by atoms with Crippen LogP contribution in [0.25, 0.3) is 0 Å². The van der Waals surface area contributed by atoms with E-state index in [2.05, 4.69) is 26.1 Å². The molecule has 1 atom stereocenters. The molecular weight excluding hydrogens is 500 g/mol. The minimum Gasteiger partial charge on any atom is -0.497 e. The Morgan fingerprint density at radius 3 is 1.81 bits per heavy atom. The van der Waals surface area contributed by atoms with Gasteiger partial charge in [0.25, 0.3) is 0 Å². The van der Waals surface area contributed by atoms with Crippen molar-refractivity contribution in [2.45, 2.75) is 52.4 Å². The van der Waals surface area contributed by atoms with Gasteiger partial charge in [-0.05, 0) is 42.5 Å². The van der Waals surface area contributed by atoms with Crippen LogP contribution in [-0.2, 0) is 24.4 Å². The van der Waals surface area contributed by atoms with Crippen molar-refractivity contribution in [2.24, 2.45) is 17.8 Å². The molecular formula is C25H46N4O7S. The van der Waals surface area contributed by atoms with E-state index >= 15 is 0 Å². The molecule has 1 aromatic rings. The molecule has 0 aromatic heterocycles. The second-order valence-electron chi connectivity index (χ2n) is 9.77. The molecule has 0 aliphatic rings. The van der Waals surface area contributed by atoms with Crippen LogP contribution in [0.1, 0.15) is 47.5 Å². The number of sulfonamides is 1. The average Bonchev–Trinajstić information content (AvgIpc) is 2.81. The van der Waals surface area contributed by atoms with Gasteiger partial charge in [0.1, 0.15) is 5.75 Å². The molecule has 0 bridgehead atoms. The summed E-state index contributed by atoms with van der Waals surface area (Å²) in [5.41, 5.74) is 1.51. The highest BCUT2D eigenvalue weighted by Crippen LogP contribution is 2.17. The number of amides is 3. The molecule has 0 aliphatic heterocycles. The maximum absolute atomic E-state index is 11.9. The molecule has 1 rings (SSSR count). The van der Waals surface area contributed by atoms with Crippen molar-refractivity contribution in [1.82, 2.24) is 20.0 Å². The Morgan fingerprint density at radius 2 is 1.46 bits per heavy atom. The summed E-state index contributed by atoms with van der Waals surface area (Å²) in [7, 11) is 4.41. The number of hydrogen-bond donors (Lipinski definition) is 3. The van der Waals surface area contributed by atoms with E-state index in [0.29, 0.717) is 12.2 Å². The van der Waals surface area contributed by atoms with E-state index in [1.54, 1.807) is 26.2 Å². The average molecular weight is 547 g/mol. The first kappa shape index (κ1) is 36.5. The summed E-state index contributed by atoms with van der Waals surface area (Å²) in [4.78, 5) is 36.1. The largest absolute Gasteiger partial charge is 0.497 e. The van der Waals surface area contributed by atoms with Gasteiger partial charge < -0.3 is 15.0 Å². The molecule has 11 nitrogen and oxygen atoms in total. The lowest BCUT2D eigenvalue weighted by molar-refractivity contribution is -0.136. The van der Waals surface area contributed by atoms with Crippen molar-refractivity contribution in [1.29, 1.82) is 0 Å². The van der Waals surface area contributed by atoms with Crippen molar-refractivity contribution in [2.75, 3.05) is 41.8 Å². The van der Waals surface area contributed by atoms with Gasteiger partial charge in [0, 0.05) is 40.5 Å². The molecule has 0 aliphatic carbocycles. The number of nitrogens with zero attached hydrogens (tertiary/aromatic N) is 2. The van der Waals surface area contributed by atoms with Crippen LogP contribution in [0.3, 0.4) is 0 Å². The summed E-state index contributed by atoms with van der Waals surface area (Å²) in [6, 6.07) is 6.29. The third-order valence-corrected chi connectivity index (χ3v) is 6.26. The Hall–Kier alpha value is -2.70. The first-order valence-corrected chi connectivity index (χ1v) is 13.4. The Morgan fingerprint density at radius 1 is 0.973 bits per heavy atom. The van der Waals surface area contributed by atoms with Gasteiger partial charge in [0.05, 0.1) is 18.6 Å². The highest BCUT2D eigenvalue weighted by Gasteiger charge is 2.23. The number of hydrogen-bond acceptors (Lipinski definition) is 7. The molecule has 0 unspecified atom stereocenters. The third-order valence-electron chi connectivity index (χ3n) is 4.43. The number of carbonyl (C=O) groups is 3. The quantitative estimate of drug-likeness (QED) is 0.302. The smallest absolute Gasteiger partial charge is 0.244 e. The van der Waals surface area contributed by atoms with Crippen LogP contribution >= 0.6 is 0 Å². The van der Waals surface area contributed by atoms with E-state index < -0.39 is 21.8 Å². The molecule has 37 heavy (non-hydrogen) atoms. The van der Waals surface area contributed by atoms with Gasteiger partial charge in [-0.25, -0.2) is 18.2 Å². The minimum absolute atomic E-state index is 0.0961. The normalized spacial score (nSPS) is 11.5. The van der Waals surface area contributed by atoms with Crippen LogP contribution in [0.4, 0.5) is 0 Å². The summed E-state index contributed by atoms with van der Waals surface area (Å²) >= 11 is 0. The lowest BCUT2D eigenvalue weighted by Crippen LogP contribution is -2.40. The fourth-order valence-corrected chi connectivity index (χ4v) is 3.45. The van der Waals surface area contributed by atoms with E-state index in [4.69, 9.17) is 9.94 Å². The summed E-state index contributed by atoms with van der Waals surface area (Å²) in [6.07, 6.45) is 0.409. The molecule has 1 aromatic carbocycles. The minimum atomic E-state index is -3.32. The number of rotatable bonds is 10. The number of nitrogens with one attached hydrogen (secondary N) is 2. The monoisotopic (exact) mass is 546 g/mol. The zero-order valence-corrected chi connectivity index (χ0v) is 24.7. The number of hydroxylamine groups is 1. The molecule has 0 saturated heterocycles. The lowest BCUT2D eigenvalue weighted by atomic mass is 9.93. The maximum Gasteiger partial charge on any atom is 0.244 e. The predicted molar refractivity (Wildman–Crippen MR) is 144 cm³/mol. The molecule has 3 N–H and O–H groups in total. The van der Waals surface area contributed by atoms with E-state index in [9.17, 15) is 22.8 Å². The molecule has 214 valence electrons. The first-order chi connectivity index (χ1) is 17.0. The maximum atomic E-state index is 11.9. The van der Waals surface area contributed by atoms with Crippen molar-refractivity contribution < 1.29 is 32.7 Å². The zero-order valence-electron chi connectivity index (χ0n) is 23.9. The molecule has 0 radical (unpaired) electrons. The fraction of sp³-hybridized carbons (Fsp3) is 0.640. The van der Waals surface area contributed by atoms with Crippen molar-refractivity contribution in [3.05, 3.63) is 24.3 Å². The van der Waals surface area contributed by atoms with Gasteiger partial charge in [-0.15, -0.1) is 0 Å². The van der Waals surface area contributed by atoms with Crippen LogP contribution in [0, 0.1) is 17.8 Å². The first-order valence-electron chi connectivity index (χ1n) is 12.0. The van der Waals surface area contributed by atoms with Crippen molar-refractivity contribution >= 4 is 27.7 Å². The topological polar surface area (TPSA) is 145 Å². The number of benzene rings is 1. The molecule has 0 heterocycles. The predicted octanol–water partition coefficient (Wildman–Crippen LogP) is 2.36. The Bertz CT molecular complexity index is 913. The SMILES string of the molecule is CC(C)C.CC(C)C[C@H](CC(=O)NO)C(=O)NCC(=O)N(C)C.COc1ccc(S(=O)(=O)N(C)C)cc1.